The molecule has 1 fully saturated rings. The van der Waals surface area contributed by atoms with Gasteiger partial charge in [0.05, 0.1) is 15.8 Å². The van der Waals surface area contributed by atoms with Crippen LogP contribution in [0.2, 0.25) is 0 Å². The number of hydrogen-bond acceptors (Lipinski definition) is 3. The highest BCUT2D eigenvalue weighted by Gasteiger charge is 2.20. The van der Waals surface area contributed by atoms with Gasteiger partial charge in [-0.1, -0.05) is 18.2 Å². The Morgan fingerprint density at radius 1 is 0.952 bits per heavy atom. The Hall–Kier alpha value is -1.75. The minimum Gasteiger partial charge on any atom is -0.397 e. The Balaban J connectivity index is 1.73. The molecule has 0 aromatic heterocycles. The Labute approximate surface area is 132 Å². The van der Waals surface area contributed by atoms with E-state index in [1.807, 2.05) is 6.07 Å². The van der Waals surface area contributed by atoms with Crippen LogP contribution in [0.15, 0.2) is 46.9 Å². The second kappa shape index (κ2) is 5.93. The molecule has 0 atom stereocenters. The number of rotatable bonds is 2. The van der Waals surface area contributed by atoms with Gasteiger partial charge in [-0.3, -0.25) is 0 Å². The molecule has 110 valence electrons. The third kappa shape index (κ3) is 2.97. The van der Waals surface area contributed by atoms with E-state index in [2.05, 4.69) is 50.0 Å². The lowest BCUT2D eigenvalue weighted by atomic mass is 10.2. The smallest absolute Gasteiger partial charge is 0.139 e. The summed E-state index contributed by atoms with van der Waals surface area (Å²) in [5.41, 5.74) is 8.58. The van der Waals surface area contributed by atoms with Crippen molar-refractivity contribution >= 4 is 33.0 Å². The van der Waals surface area contributed by atoms with Crippen LogP contribution in [0.4, 0.5) is 21.5 Å². The number of hydrogen-bond donors (Lipinski definition) is 1. The van der Waals surface area contributed by atoms with E-state index in [4.69, 9.17) is 5.73 Å². The molecule has 0 amide bonds. The van der Waals surface area contributed by atoms with Crippen LogP contribution in [0.1, 0.15) is 0 Å². The van der Waals surface area contributed by atoms with E-state index < -0.39 is 0 Å². The first-order chi connectivity index (χ1) is 10.1. The van der Waals surface area contributed by atoms with Gasteiger partial charge >= 0.3 is 0 Å². The fourth-order valence-electron chi connectivity index (χ4n) is 2.67. The van der Waals surface area contributed by atoms with E-state index in [-0.39, 0.29) is 5.82 Å². The molecule has 0 unspecified atom stereocenters. The zero-order valence-corrected chi connectivity index (χ0v) is 13.2. The zero-order valence-electron chi connectivity index (χ0n) is 11.6. The van der Waals surface area contributed by atoms with E-state index in [1.54, 1.807) is 6.07 Å². The minimum absolute atomic E-state index is 0.320. The first-order valence-electron chi connectivity index (χ1n) is 6.94. The molecule has 0 spiro atoms. The Bertz CT molecular complexity index is 625. The van der Waals surface area contributed by atoms with Crippen molar-refractivity contribution in [3.63, 3.8) is 0 Å². The Morgan fingerprint density at radius 3 is 2.24 bits per heavy atom. The van der Waals surface area contributed by atoms with Crippen molar-refractivity contribution in [3.05, 3.63) is 52.8 Å². The quantitative estimate of drug-likeness (QED) is 0.842. The van der Waals surface area contributed by atoms with Crippen LogP contribution in [0.3, 0.4) is 0 Å². The normalized spacial score (nSPS) is 15.3. The number of piperazine rings is 1. The average Bonchev–Trinajstić information content (AvgIpc) is 2.52. The molecule has 1 aliphatic rings. The van der Waals surface area contributed by atoms with Gasteiger partial charge in [-0.15, -0.1) is 0 Å². The number of nitrogens with two attached hydrogens (primary N) is 1. The highest BCUT2D eigenvalue weighted by Crippen LogP contribution is 2.30. The summed E-state index contributed by atoms with van der Waals surface area (Å²) in [6, 6.07) is 13.5. The number of para-hydroxylation sites is 1. The minimum atomic E-state index is -0.320. The SMILES string of the molecule is Nc1cc(F)c(Br)cc1N1CCN(c2ccccc2)CC1. The lowest BCUT2D eigenvalue weighted by Crippen LogP contribution is -2.46. The second-order valence-corrected chi connectivity index (χ2v) is 5.99. The highest BCUT2D eigenvalue weighted by atomic mass is 79.9. The molecule has 5 heteroatoms. The molecule has 0 radical (unpaired) electrons. The van der Waals surface area contributed by atoms with Crippen molar-refractivity contribution < 1.29 is 4.39 Å². The standard InChI is InChI=1S/C16H17BrFN3/c17-13-10-16(15(19)11-14(13)18)21-8-6-20(7-9-21)12-4-2-1-3-5-12/h1-5,10-11H,6-9,19H2. The summed E-state index contributed by atoms with van der Waals surface area (Å²) in [5, 5.41) is 0. The lowest BCUT2D eigenvalue weighted by molar-refractivity contribution is 0.619. The van der Waals surface area contributed by atoms with Crippen molar-refractivity contribution in [1.29, 1.82) is 0 Å². The summed E-state index contributed by atoms with van der Waals surface area (Å²) in [4.78, 5) is 4.56. The predicted molar refractivity (Wildman–Crippen MR) is 89.4 cm³/mol. The average molecular weight is 350 g/mol. The van der Waals surface area contributed by atoms with Crippen molar-refractivity contribution in [2.75, 3.05) is 41.7 Å². The van der Waals surface area contributed by atoms with Gasteiger partial charge in [0.15, 0.2) is 0 Å². The number of nitrogen functional groups attached to an aromatic ring is 1. The summed E-state index contributed by atoms with van der Waals surface area (Å²) in [5.74, 6) is -0.320. The molecule has 2 aromatic rings. The third-order valence-electron chi connectivity index (χ3n) is 3.81. The molecular weight excluding hydrogens is 333 g/mol. The van der Waals surface area contributed by atoms with Gasteiger partial charge in [-0.05, 0) is 34.1 Å². The predicted octanol–water partition coefficient (Wildman–Crippen LogP) is 3.50. The van der Waals surface area contributed by atoms with E-state index in [9.17, 15) is 4.39 Å². The van der Waals surface area contributed by atoms with Crippen LogP contribution < -0.4 is 15.5 Å². The zero-order chi connectivity index (χ0) is 14.8. The van der Waals surface area contributed by atoms with E-state index in [0.29, 0.717) is 10.2 Å². The molecule has 2 N–H and O–H groups in total. The molecule has 0 aliphatic carbocycles. The van der Waals surface area contributed by atoms with Gasteiger partial charge in [0, 0.05) is 37.9 Å². The molecule has 2 aromatic carbocycles. The molecule has 0 saturated carbocycles. The molecule has 1 saturated heterocycles. The largest absolute Gasteiger partial charge is 0.397 e. The fourth-order valence-corrected chi connectivity index (χ4v) is 3.00. The summed E-state index contributed by atoms with van der Waals surface area (Å²) < 4.78 is 13.9. The number of anilines is 3. The van der Waals surface area contributed by atoms with Gasteiger partial charge in [0.2, 0.25) is 0 Å². The summed E-state index contributed by atoms with van der Waals surface area (Å²) in [6.07, 6.45) is 0. The van der Waals surface area contributed by atoms with Crippen molar-refractivity contribution in [2.45, 2.75) is 0 Å². The van der Waals surface area contributed by atoms with Gasteiger partial charge in [-0.25, -0.2) is 4.39 Å². The highest BCUT2D eigenvalue weighted by molar-refractivity contribution is 9.10. The fraction of sp³-hybridized carbons (Fsp3) is 0.250. The lowest BCUT2D eigenvalue weighted by Gasteiger charge is -2.37. The molecule has 21 heavy (non-hydrogen) atoms. The van der Waals surface area contributed by atoms with Crippen LogP contribution in [0, 0.1) is 5.82 Å². The topological polar surface area (TPSA) is 32.5 Å². The van der Waals surface area contributed by atoms with Crippen molar-refractivity contribution in [2.24, 2.45) is 0 Å². The number of benzene rings is 2. The van der Waals surface area contributed by atoms with Gasteiger partial charge in [0.25, 0.3) is 0 Å². The van der Waals surface area contributed by atoms with Gasteiger partial charge in [0.1, 0.15) is 5.82 Å². The molecule has 1 heterocycles. The summed E-state index contributed by atoms with van der Waals surface area (Å²) in [7, 11) is 0. The maximum absolute atomic E-state index is 13.5. The molecule has 3 rings (SSSR count). The maximum Gasteiger partial charge on any atom is 0.139 e. The van der Waals surface area contributed by atoms with Crippen LogP contribution in [0.25, 0.3) is 0 Å². The van der Waals surface area contributed by atoms with Gasteiger partial charge < -0.3 is 15.5 Å². The van der Waals surface area contributed by atoms with E-state index >= 15 is 0 Å². The Kier molecular flexibility index (Phi) is 4.01. The van der Waals surface area contributed by atoms with Crippen molar-refractivity contribution in [1.82, 2.24) is 0 Å². The summed E-state index contributed by atoms with van der Waals surface area (Å²) in [6.45, 7) is 3.60. The van der Waals surface area contributed by atoms with Crippen molar-refractivity contribution in [3.8, 4) is 0 Å². The molecule has 0 bridgehead atoms. The number of nitrogens with zero attached hydrogens (tertiary/aromatic N) is 2. The Morgan fingerprint density at radius 2 is 1.57 bits per heavy atom. The van der Waals surface area contributed by atoms with Crippen LogP contribution in [0.5, 0.6) is 0 Å². The molecule has 3 nitrogen and oxygen atoms in total. The van der Waals surface area contributed by atoms with Crippen LogP contribution in [-0.2, 0) is 0 Å². The summed E-state index contributed by atoms with van der Waals surface area (Å²) >= 11 is 3.23. The van der Waals surface area contributed by atoms with E-state index in [1.165, 1.54) is 11.8 Å². The van der Waals surface area contributed by atoms with E-state index in [0.717, 1.165) is 31.9 Å². The molecule has 1 aliphatic heterocycles. The first kappa shape index (κ1) is 14.2. The maximum atomic E-state index is 13.5. The van der Waals surface area contributed by atoms with Gasteiger partial charge in [-0.2, -0.15) is 0 Å². The first-order valence-corrected chi connectivity index (χ1v) is 7.74. The molecular formula is C16H17BrFN3. The van der Waals surface area contributed by atoms with Crippen LogP contribution in [-0.4, -0.2) is 26.2 Å². The second-order valence-electron chi connectivity index (χ2n) is 5.13. The number of halogens is 2. The third-order valence-corrected chi connectivity index (χ3v) is 4.42. The monoisotopic (exact) mass is 349 g/mol. The van der Waals surface area contributed by atoms with Crippen LogP contribution >= 0.6 is 15.9 Å².